The van der Waals surface area contributed by atoms with E-state index in [0.717, 1.165) is 18.4 Å². The first-order valence-electron chi connectivity index (χ1n) is 5.37. The Kier molecular flexibility index (Phi) is 4.24. The van der Waals surface area contributed by atoms with Crippen LogP contribution in [0.4, 0.5) is 0 Å². The molecule has 0 saturated heterocycles. The molecule has 0 heterocycles. The summed E-state index contributed by atoms with van der Waals surface area (Å²) in [7, 11) is 0. The minimum absolute atomic E-state index is 0.00845. The Morgan fingerprint density at radius 1 is 1.46 bits per heavy atom. The van der Waals surface area contributed by atoms with Gasteiger partial charge in [0.2, 0.25) is 0 Å². The molecule has 1 N–H and O–H groups in total. The largest absolute Gasteiger partial charge is 0.302 e. The highest BCUT2D eigenvalue weighted by atomic mass is 14.9. The lowest BCUT2D eigenvalue weighted by Crippen LogP contribution is -2.33. The van der Waals surface area contributed by atoms with E-state index in [9.17, 15) is 0 Å². The van der Waals surface area contributed by atoms with Crippen molar-refractivity contribution >= 4 is 0 Å². The predicted molar refractivity (Wildman–Crippen MR) is 54.2 cm³/mol. The number of hydrogen-bond acceptors (Lipinski definition) is 2. The summed E-state index contributed by atoms with van der Waals surface area (Å²) in [5.41, 5.74) is 0. The number of nitriles is 1. The molecule has 2 heteroatoms. The standard InChI is InChI=1S/C11H20N2/c1-9-5-3-4-6-11(9)8-13-10(2)7-12/h9-11,13H,3-6,8H2,1-2H3. The van der Waals surface area contributed by atoms with E-state index in [1.807, 2.05) is 6.92 Å². The van der Waals surface area contributed by atoms with Crippen molar-refractivity contribution in [3.63, 3.8) is 0 Å². The van der Waals surface area contributed by atoms with Crippen LogP contribution >= 0.6 is 0 Å². The lowest BCUT2D eigenvalue weighted by molar-refractivity contribution is 0.246. The molecule has 1 rings (SSSR count). The smallest absolute Gasteiger partial charge is 0.0924 e. The number of hydrogen-bond donors (Lipinski definition) is 1. The fourth-order valence-electron chi connectivity index (χ4n) is 2.07. The van der Waals surface area contributed by atoms with Gasteiger partial charge in [-0.1, -0.05) is 26.2 Å². The SMILES string of the molecule is CC(C#N)NCC1CCCCC1C. The van der Waals surface area contributed by atoms with Gasteiger partial charge in [-0.3, -0.25) is 0 Å². The van der Waals surface area contributed by atoms with Gasteiger partial charge in [0.1, 0.15) is 0 Å². The lowest BCUT2D eigenvalue weighted by atomic mass is 9.80. The van der Waals surface area contributed by atoms with Gasteiger partial charge in [0.05, 0.1) is 12.1 Å². The Morgan fingerprint density at radius 3 is 2.77 bits per heavy atom. The van der Waals surface area contributed by atoms with Gasteiger partial charge in [-0.2, -0.15) is 5.26 Å². The van der Waals surface area contributed by atoms with Crippen molar-refractivity contribution in [2.45, 2.75) is 45.6 Å². The molecule has 1 aliphatic carbocycles. The first-order chi connectivity index (χ1) is 6.24. The van der Waals surface area contributed by atoms with Gasteiger partial charge in [0, 0.05) is 0 Å². The van der Waals surface area contributed by atoms with Crippen molar-refractivity contribution in [2.75, 3.05) is 6.54 Å². The second kappa shape index (κ2) is 5.24. The number of nitrogens with zero attached hydrogens (tertiary/aromatic N) is 1. The zero-order chi connectivity index (χ0) is 9.68. The topological polar surface area (TPSA) is 35.8 Å². The summed E-state index contributed by atoms with van der Waals surface area (Å²) in [6.45, 7) is 5.28. The third-order valence-electron chi connectivity index (χ3n) is 3.17. The van der Waals surface area contributed by atoms with Crippen LogP contribution in [0.1, 0.15) is 39.5 Å². The third kappa shape index (κ3) is 3.36. The normalized spacial score (nSPS) is 30.8. The minimum Gasteiger partial charge on any atom is -0.302 e. The van der Waals surface area contributed by atoms with Crippen LogP contribution in [0.3, 0.4) is 0 Å². The molecule has 0 bridgehead atoms. The summed E-state index contributed by atoms with van der Waals surface area (Å²) in [4.78, 5) is 0. The monoisotopic (exact) mass is 180 g/mol. The molecule has 1 fully saturated rings. The van der Waals surface area contributed by atoms with Crippen molar-refractivity contribution in [3.8, 4) is 6.07 Å². The van der Waals surface area contributed by atoms with E-state index in [1.165, 1.54) is 25.7 Å². The highest BCUT2D eigenvalue weighted by Crippen LogP contribution is 2.28. The molecule has 0 aromatic carbocycles. The maximum Gasteiger partial charge on any atom is 0.0924 e. The van der Waals surface area contributed by atoms with Gasteiger partial charge >= 0.3 is 0 Å². The first-order valence-corrected chi connectivity index (χ1v) is 5.37. The van der Waals surface area contributed by atoms with E-state index >= 15 is 0 Å². The molecule has 3 atom stereocenters. The second-order valence-corrected chi connectivity index (χ2v) is 4.28. The van der Waals surface area contributed by atoms with E-state index in [2.05, 4.69) is 18.3 Å². The molecule has 0 aromatic heterocycles. The molecule has 13 heavy (non-hydrogen) atoms. The average Bonchev–Trinajstić information content (AvgIpc) is 2.16. The van der Waals surface area contributed by atoms with Crippen LogP contribution in [-0.2, 0) is 0 Å². The van der Waals surface area contributed by atoms with Crippen LogP contribution < -0.4 is 5.32 Å². The van der Waals surface area contributed by atoms with Crippen LogP contribution in [0.5, 0.6) is 0 Å². The fourth-order valence-corrected chi connectivity index (χ4v) is 2.07. The average molecular weight is 180 g/mol. The first kappa shape index (κ1) is 10.5. The predicted octanol–water partition coefficient (Wildman–Crippen LogP) is 2.31. The molecule has 0 aliphatic heterocycles. The summed E-state index contributed by atoms with van der Waals surface area (Å²) < 4.78 is 0. The van der Waals surface area contributed by atoms with Crippen LogP contribution in [0.2, 0.25) is 0 Å². The van der Waals surface area contributed by atoms with E-state index in [0.29, 0.717) is 0 Å². The molecule has 1 saturated carbocycles. The highest BCUT2D eigenvalue weighted by Gasteiger charge is 2.20. The molecule has 74 valence electrons. The molecular formula is C11H20N2. The summed E-state index contributed by atoms with van der Waals surface area (Å²) in [6.07, 6.45) is 5.47. The van der Waals surface area contributed by atoms with Crippen molar-refractivity contribution in [3.05, 3.63) is 0 Å². The van der Waals surface area contributed by atoms with E-state index < -0.39 is 0 Å². The summed E-state index contributed by atoms with van der Waals surface area (Å²) in [5.74, 6) is 1.64. The molecule has 1 aliphatic rings. The van der Waals surface area contributed by atoms with Crippen LogP contribution in [0.25, 0.3) is 0 Å². The zero-order valence-electron chi connectivity index (χ0n) is 8.71. The molecule has 2 nitrogen and oxygen atoms in total. The van der Waals surface area contributed by atoms with E-state index in [-0.39, 0.29) is 6.04 Å². The summed E-state index contributed by atoms with van der Waals surface area (Å²) >= 11 is 0. The molecule has 0 radical (unpaired) electrons. The van der Waals surface area contributed by atoms with Crippen LogP contribution in [0.15, 0.2) is 0 Å². The molecule has 3 unspecified atom stereocenters. The fraction of sp³-hybridized carbons (Fsp3) is 0.909. The molecule has 0 spiro atoms. The molecular weight excluding hydrogens is 160 g/mol. The Morgan fingerprint density at radius 2 is 2.15 bits per heavy atom. The van der Waals surface area contributed by atoms with Gasteiger partial charge in [0.25, 0.3) is 0 Å². The third-order valence-corrected chi connectivity index (χ3v) is 3.17. The summed E-state index contributed by atoms with van der Waals surface area (Å²) in [5, 5.41) is 11.9. The maximum absolute atomic E-state index is 8.62. The highest BCUT2D eigenvalue weighted by molar-refractivity contribution is 4.86. The van der Waals surface area contributed by atoms with Crippen molar-refractivity contribution in [1.29, 1.82) is 5.26 Å². The second-order valence-electron chi connectivity index (χ2n) is 4.28. The van der Waals surface area contributed by atoms with E-state index in [1.54, 1.807) is 0 Å². The maximum atomic E-state index is 8.62. The van der Waals surface area contributed by atoms with Crippen LogP contribution in [-0.4, -0.2) is 12.6 Å². The van der Waals surface area contributed by atoms with Crippen molar-refractivity contribution in [1.82, 2.24) is 5.32 Å². The zero-order valence-corrected chi connectivity index (χ0v) is 8.71. The molecule has 0 amide bonds. The van der Waals surface area contributed by atoms with Gasteiger partial charge in [-0.05, 0) is 31.7 Å². The van der Waals surface area contributed by atoms with Crippen molar-refractivity contribution in [2.24, 2.45) is 11.8 Å². The van der Waals surface area contributed by atoms with Gasteiger partial charge in [-0.15, -0.1) is 0 Å². The Labute approximate surface area is 81.3 Å². The van der Waals surface area contributed by atoms with Gasteiger partial charge < -0.3 is 5.32 Å². The minimum atomic E-state index is 0.00845. The number of nitrogens with one attached hydrogen (secondary N) is 1. The Bertz CT molecular complexity index is 183. The van der Waals surface area contributed by atoms with E-state index in [4.69, 9.17) is 5.26 Å². The summed E-state index contributed by atoms with van der Waals surface area (Å²) in [6, 6.07) is 2.22. The Balaban J connectivity index is 2.23. The van der Waals surface area contributed by atoms with Gasteiger partial charge in [-0.25, -0.2) is 0 Å². The quantitative estimate of drug-likeness (QED) is 0.723. The molecule has 0 aromatic rings. The van der Waals surface area contributed by atoms with Gasteiger partial charge in [0.15, 0.2) is 0 Å². The Hall–Kier alpha value is -0.550. The van der Waals surface area contributed by atoms with Crippen LogP contribution in [0, 0.1) is 23.2 Å². The number of rotatable bonds is 3. The van der Waals surface area contributed by atoms with Crippen molar-refractivity contribution < 1.29 is 0 Å². The lowest BCUT2D eigenvalue weighted by Gasteiger charge is -2.29.